The average Bonchev–Trinajstić information content (AvgIpc) is 3.50. The van der Waals surface area contributed by atoms with Gasteiger partial charge in [0, 0.05) is 40.5 Å². The summed E-state index contributed by atoms with van der Waals surface area (Å²) in [6.07, 6.45) is 2.86. The van der Waals surface area contributed by atoms with Gasteiger partial charge in [0.05, 0.1) is 14.2 Å². The van der Waals surface area contributed by atoms with E-state index < -0.39 is 5.82 Å². The van der Waals surface area contributed by atoms with Crippen LogP contribution in [0, 0.1) is 12.7 Å². The normalized spacial score (nSPS) is 11.0. The first-order valence-corrected chi connectivity index (χ1v) is 11.3. The van der Waals surface area contributed by atoms with E-state index >= 15 is 0 Å². The molecule has 0 unspecified atom stereocenters. The molecule has 0 fully saturated rings. The minimum absolute atomic E-state index is 0.0855. The van der Waals surface area contributed by atoms with Crippen molar-refractivity contribution in [1.29, 1.82) is 0 Å². The lowest BCUT2D eigenvalue weighted by atomic mass is 10.1. The van der Waals surface area contributed by atoms with Crippen molar-refractivity contribution >= 4 is 22.5 Å². The molecule has 10 heteroatoms. The molecule has 0 saturated carbocycles. The molecule has 3 heterocycles. The summed E-state index contributed by atoms with van der Waals surface area (Å²) in [7, 11) is 3.26. The summed E-state index contributed by atoms with van der Waals surface area (Å²) in [6.45, 7) is 1.87. The topological polar surface area (TPSA) is 110 Å². The number of rotatable bonds is 9. The molecule has 5 aromatic rings. The van der Waals surface area contributed by atoms with Crippen molar-refractivity contribution < 1.29 is 18.6 Å². The maximum atomic E-state index is 14.9. The molecule has 0 atom stereocenters. The third-order valence-electron chi connectivity index (χ3n) is 5.67. The highest BCUT2D eigenvalue weighted by Crippen LogP contribution is 2.30. The monoisotopic (exact) mass is 488 g/mol. The van der Waals surface area contributed by atoms with Crippen LogP contribution >= 0.6 is 0 Å². The molecule has 0 aliphatic rings. The maximum absolute atomic E-state index is 14.9. The number of halogens is 1. The number of ether oxygens (including phenoxy) is 3. The quantitative estimate of drug-likeness (QED) is 0.252. The molecule has 0 radical (unpaired) electrons. The highest BCUT2D eigenvalue weighted by atomic mass is 19.1. The molecule has 36 heavy (non-hydrogen) atoms. The Bertz CT molecular complexity index is 1490. The molecular weight excluding hydrogens is 463 g/mol. The first-order chi connectivity index (χ1) is 17.5. The SMILES string of the molecule is COc1cc(CCc2cc(Nc3cc(Oc4ccc5[nH]c(C)cc5c4F)ncn3)n[nH]2)cc(OC)c1. The van der Waals surface area contributed by atoms with E-state index in [-0.39, 0.29) is 11.6 Å². The van der Waals surface area contributed by atoms with E-state index in [2.05, 4.69) is 30.5 Å². The van der Waals surface area contributed by atoms with Crippen molar-refractivity contribution in [2.45, 2.75) is 19.8 Å². The number of aromatic nitrogens is 5. The van der Waals surface area contributed by atoms with Gasteiger partial charge in [-0.05, 0) is 55.7 Å². The minimum Gasteiger partial charge on any atom is -0.497 e. The lowest BCUT2D eigenvalue weighted by molar-refractivity contribution is 0.393. The second kappa shape index (κ2) is 9.95. The Balaban J connectivity index is 1.24. The molecule has 3 aromatic heterocycles. The van der Waals surface area contributed by atoms with Crippen LogP contribution in [0.25, 0.3) is 10.9 Å². The van der Waals surface area contributed by atoms with Gasteiger partial charge < -0.3 is 24.5 Å². The van der Waals surface area contributed by atoms with E-state index in [1.807, 2.05) is 31.2 Å². The fourth-order valence-corrected chi connectivity index (χ4v) is 3.92. The van der Waals surface area contributed by atoms with Gasteiger partial charge in [-0.15, -0.1) is 0 Å². The standard InChI is InChI=1S/C26H25FN6O3/c1-15-8-20-21(30-15)6-7-22(26(20)27)36-25-13-23(28-14-29-25)31-24-11-17(32-33-24)5-4-16-9-18(34-2)12-19(10-16)35-3/h6-14,30H,4-5H2,1-3H3,(H2,28,29,31,32,33). The molecular formula is C26H25FN6O3. The Morgan fingerprint density at radius 3 is 2.50 bits per heavy atom. The number of nitrogens with zero attached hydrogens (tertiary/aromatic N) is 3. The lowest BCUT2D eigenvalue weighted by Crippen LogP contribution is -1.97. The number of aromatic amines is 2. The summed E-state index contributed by atoms with van der Waals surface area (Å²) in [6, 6.07) is 14.4. The molecule has 3 N–H and O–H groups in total. The molecule has 184 valence electrons. The van der Waals surface area contributed by atoms with Crippen molar-refractivity contribution in [1.82, 2.24) is 25.1 Å². The van der Waals surface area contributed by atoms with Gasteiger partial charge in [-0.2, -0.15) is 5.10 Å². The van der Waals surface area contributed by atoms with Crippen LogP contribution < -0.4 is 19.5 Å². The minimum atomic E-state index is -0.449. The van der Waals surface area contributed by atoms with Crippen LogP contribution in [0.15, 0.2) is 54.9 Å². The number of fused-ring (bicyclic) bond motifs is 1. The number of benzene rings is 2. The van der Waals surface area contributed by atoms with Gasteiger partial charge in [0.25, 0.3) is 0 Å². The molecule has 0 bridgehead atoms. The molecule has 0 saturated heterocycles. The van der Waals surface area contributed by atoms with E-state index in [4.69, 9.17) is 14.2 Å². The lowest BCUT2D eigenvalue weighted by Gasteiger charge is -2.08. The largest absolute Gasteiger partial charge is 0.497 e. The van der Waals surface area contributed by atoms with Crippen LogP contribution in [0.2, 0.25) is 0 Å². The summed E-state index contributed by atoms with van der Waals surface area (Å²) in [5.74, 6) is 2.41. The number of aryl methyl sites for hydroxylation is 3. The predicted octanol–water partition coefficient (Wildman–Crippen LogP) is 5.47. The van der Waals surface area contributed by atoms with Crippen molar-refractivity contribution in [3.05, 3.63) is 77.6 Å². The van der Waals surface area contributed by atoms with Crippen LogP contribution in [0.4, 0.5) is 16.0 Å². The summed E-state index contributed by atoms with van der Waals surface area (Å²) in [5.41, 5.74) is 3.62. The summed E-state index contributed by atoms with van der Waals surface area (Å²) in [4.78, 5) is 11.4. The number of anilines is 2. The van der Waals surface area contributed by atoms with Crippen molar-refractivity contribution in [3.8, 4) is 23.1 Å². The second-order valence-electron chi connectivity index (χ2n) is 8.26. The number of methoxy groups -OCH3 is 2. The smallest absolute Gasteiger partial charge is 0.224 e. The summed E-state index contributed by atoms with van der Waals surface area (Å²) >= 11 is 0. The van der Waals surface area contributed by atoms with Gasteiger partial charge in [-0.1, -0.05) is 0 Å². The van der Waals surface area contributed by atoms with Crippen molar-refractivity contribution in [3.63, 3.8) is 0 Å². The molecule has 0 amide bonds. The fourth-order valence-electron chi connectivity index (χ4n) is 3.92. The zero-order valence-corrected chi connectivity index (χ0v) is 20.1. The Kier molecular flexibility index (Phi) is 6.40. The molecule has 9 nitrogen and oxygen atoms in total. The van der Waals surface area contributed by atoms with Crippen LogP contribution in [0.5, 0.6) is 23.1 Å². The van der Waals surface area contributed by atoms with E-state index in [1.54, 1.807) is 38.5 Å². The third kappa shape index (κ3) is 5.07. The number of hydrogen-bond acceptors (Lipinski definition) is 7. The third-order valence-corrected chi connectivity index (χ3v) is 5.67. The van der Waals surface area contributed by atoms with Gasteiger partial charge in [-0.3, -0.25) is 5.10 Å². The highest BCUT2D eigenvalue weighted by Gasteiger charge is 2.13. The van der Waals surface area contributed by atoms with Gasteiger partial charge >= 0.3 is 0 Å². The van der Waals surface area contributed by atoms with Crippen LogP contribution in [-0.4, -0.2) is 39.4 Å². The molecule has 0 aliphatic heterocycles. The van der Waals surface area contributed by atoms with Gasteiger partial charge in [0.15, 0.2) is 17.4 Å². The number of nitrogens with one attached hydrogen (secondary N) is 3. The first-order valence-electron chi connectivity index (χ1n) is 11.3. The van der Waals surface area contributed by atoms with Gasteiger partial charge in [0.2, 0.25) is 5.88 Å². The van der Waals surface area contributed by atoms with Crippen molar-refractivity contribution in [2.75, 3.05) is 19.5 Å². The van der Waals surface area contributed by atoms with E-state index in [1.165, 1.54) is 6.33 Å². The van der Waals surface area contributed by atoms with Crippen LogP contribution in [0.3, 0.4) is 0 Å². The Hall–Kier alpha value is -4.60. The molecule has 0 aliphatic carbocycles. The molecule has 0 spiro atoms. The highest BCUT2D eigenvalue weighted by molar-refractivity contribution is 5.82. The van der Waals surface area contributed by atoms with Crippen LogP contribution in [-0.2, 0) is 12.8 Å². The van der Waals surface area contributed by atoms with E-state index in [0.717, 1.165) is 41.3 Å². The Morgan fingerprint density at radius 2 is 1.72 bits per heavy atom. The van der Waals surface area contributed by atoms with Crippen LogP contribution in [0.1, 0.15) is 17.0 Å². The van der Waals surface area contributed by atoms with E-state index in [9.17, 15) is 4.39 Å². The molecule has 2 aromatic carbocycles. The zero-order chi connectivity index (χ0) is 25.1. The molecule has 5 rings (SSSR count). The maximum Gasteiger partial charge on any atom is 0.224 e. The number of H-pyrrole nitrogens is 2. The Morgan fingerprint density at radius 1 is 0.917 bits per heavy atom. The average molecular weight is 489 g/mol. The Labute approximate surface area is 206 Å². The zero-order valence-electron chi connectivity index (χ0n) is 20.1. The van der Waals surface area contributed by atoms with E-state index in [0.29, 0.717) is 22.5 Å². The summed E-state index contributed by atoms with van der Waals surface area (Å²) in [5, 5.41) is 10.9. The fraction of sp³-hybridized carbons (Fsp3) is 0.192. The predicted molar refractivity (Wildman–Crippen MR) is 134 cm³/mol. The second-order valence-corrected chi connectivity index (χ2v) is 8.26. The first kappa shape index (κ1) is 23.2. The van der Waals surface area contributed by atoms with Gasteiger partial charge in [0.1, 0.15) is 23.6 Å². The van der Waals surface area contributed by atoms with Gasteiger partial charge in [-0.25, -0.2) is 14.4 Å². The van der Waals surface area contributed by atoms with Crippen molar-refractivity contribution in [2.24, 2.45) is 0 Å². The summed E-state index contributed by atoms with van der Waals surface area (Å²) < 4.78 is 31.3. The number of hydrogen-bond donors (Lipinski definition) is 3.